The van der Waals surface area contributed by atoms with E-state index < -0.39 is 0 Å². The van der Waals surface area contributed by atoms with Gasteiger partial charge in [-0.2, -0.15) is 0 Å². The van der Waals surface area contributed by atoms with Crippen LogP contribution in [0.3, 0.4) is 0 Å². The molecule has 142 valence electrons. The molecule has 0 fully saturated rings. The number of benzene rings is 2. The summed E-state index contributed by atoms with van der Waals surface area (Å²) in [5, 5.41) is 2.85. The van der Waals surface area contributed by atoms with Gasteiger partial charge in [-0.3, -0.25) is 9.59 Å². The van der Waals surface area contributed by atoms with Gasteiger partial charge >= 0.3 is 0 Å². The molecule has 5 nitrogen and oxygen atoms in total. The topological polar surface area (TPSA) is 64.6 Å². The van der Waals surface area contributed by atoms with Gasteiger partial charge in [-0.25, -0.2) is 0 Å². The van der Waals surface area contributed by atoms with Crippen molar-refractivity contribution in [3.63, 3.8) is 0 Å². The predicted molar refractivity (Wildman–Crippen MR) is 103 cm³/mol. The fourth-order valence-electron chi connectivity index (χ4n) is 3.40. The van der Waals surface area contributed by atoms with Gasteiger partial charge in [-0.1, -0.05) is 12.1 Å². The third-order valence-electron chi connectivity index (χ3n) is 4.97. The molecular formula is C22H25NO4. The van der Waals surface area contributed by atoms with E-state index >= 15 is 0 Å². The van der Waals surface area contributed by atoms with E-state index in [0.29, 0.717) is 23.6 Å². The van der Waals surface area contributed by atoms with Gasteiger partial charge in [0.05, 0.1) is 14.2 Å². The van der Waals surface area contributed by atoms with Crippen LogP contribution in [0.25, 0.3) is 0 Å². The molecule has 2 aromatic carbocycles. The van der Waals surface area contributed by atoms with Gasteiger partial charge in [0, 0.05) is 36.6 Å². The van der Waals surface area contributed by atoms with Crippen LogP contribution in [0, 0.1) is 0 Å². The predicted octanol–water partition coefficient (Wildman–Crippen LogP) is 3.47. The Morgan fingerprint density at radius 3 is 2.56 bits per heavy atom. The first-order valence-electron chi connectivity index (χ1n) is 9.23. The smallest absolute Gasteiger partial charge is 0.220 e. The van der Waals surface area contributed by atoms with Crippen LogP contribution >= 0.6 is 0 Å². The molecule has 0 heterocycles. The lowest BCUT2D eigenvalue weighted by Gasteiger charge is -2.11. The van der Waals surface area contributed by atoms with Crippen molar-refractivity contribution in [1.82, 2.24) is 5.32 Å². The van der Waals surface area contributed by atoms with E-state index in [-0.39, 0.29) is 24.5 Å². The van der Waals surface area contributed by atoms with Crippen LogP contribution in [0.5, 0.6) is 11.5 Å². The van der Waals surface area contributed by atoms with Gasteiger partial charge in [0.2, 0.25) is 5.91 Å². The number of carbonyl (C=O) groups excluding carboxylic acids is 2. The van der Waals surface area contributed by atoms with Gasteiger partial charge in [-0.15, -0.1) is 0 Å². The van der Waals surface area contributed by atoms with Gasteiger partial charge in [0.15, 0.2) is 5.78 Å². The van der Waals surface area contributed by atoms with Crippen LogP contribution < -0.4 is 14.8 Å². The van der Waals surface area contributed by atoms with Crippen LogP contribution in [0.2, 0.25) is 0 Å². The monoisotopic (exact) mass is 367 g/mol. The average molecular weight is 367 g/mol. The zero-order valence-electron chi connectivity index (χ0n) is 15.8. The number of aryl methyl sites for hydroxylation is 2. The summed E-state index contributed by atoms with van der Waals surface area (Å²) in [5.74, 6) is 1.22. The number of ketones is 1. The molecule has 0 bridgehead atoms. The molecule has 0 saturated carbocycles. The second-order valence-corrected chi connectivity index (χ2v) is 6.71. The fourth-order valence-corrected chi connectivity index (χ4v) is 3.40. The summed E-state index contributed by atoms with van der Waals surface area (Å²) < 4.78 is 10.5. The van der Waals surface area contributed by atoms with Crippen molar-refractivity contribution in [3.8, 4) is 11.5 Å². The van der Waals surface area contributed by atoms with E-state index in [9.17, 15) is 9.59 Å². The largest absolute Gasteiger partial charge is 0.497 e. The molecule has 0 unspecified atom stereocenters. The Labute approximate surface area is 159 Å². The first-order valence-corrected chi connectivity index (χ1v) is 9.23. The highest BCUT2D eigenvalue weighted by Crippen LogP contribution is 2.25. The van der Waals surface area contributed by atoms with Crippen LogP contribution in [0.15, 0.2) is 36.4 Å². The van der Waals surface area contributed by atoms with E-state index in [1.165, 1.54) is 11.1 Å². The minimum atomic E-state index is -0.151. The average Bonchev–Trinajstić information content (AvgIpc) is 3.18. The molecule has 1 aliphatic rings. The summed E-state index contributed by atoms with van der Waals surface area (Å²) in [6.07, 6.45) is 3.69. The molecule has 1 N–H and O–H groups in total. The molecule has 3 rings (SSSR count). The van der Waals surface area contributed by atoms with Crippen LogP contribution in [-0.4, -0.2) is 25.9 Å². The Balaban J connectivity index is 1.50. The molecule has 0 aliphatic heterocycles. The Kier molecular flexibility index (Phi) is 6.12. The van der Waals surface area contributed by atoms with Crippen molar-refractivity contribution in [2.75, 3.05) is 14.2 Å². The van der Waals surface area contributed by atoms with Crippen LogP contribution in [0.1, 0.15) is 46.3 Å². The number of rotatable bonds is 8. The lowest BCUT2D eigenvalue weighted by Crippen LogP contribution is -2.23. The number of Topliss-reactive ketones (excluding diaryl/α,β-unsaturated/α-hetero) is 1. The van der Waals surface area contributed by atoms with E-state index in [0.717, 1.165) is 24.8 Å². The van der Waals surface area contributed by atoms with Crippen LogP contribution in [0.4, 0.5) is 0 Å². The van der Waals surface area contributed by atoms with Gasteiger partial charge in [0.1, 0.15) is 11.5 Å². The Hall–Kier alpha value is -2.82. The van der Waals surface area contributed by atoms with E-state index in [1.54, 1.807) is 20.3 Å². The first-order chi connectivity index (χ1) is 13.1. The lowest BCUT2D eigenvalue weighted by atomic mass is 10.0. The maximum absolute atomic E-state index is 12.4. The zero-order valence-corrected chi connectivity index (χ0v) is 15.8. The molecule has 5 heteroatoms. The van der Waals surface area contributed by atoms with E-state index in [4.69, 9.17) is 9.47 Å². The molecule has 0 aromatic heterocycles. The summed E-state index contributed by atoms with van der Waals surface area (Å²) in [5.41, 5.74) is 4.19. The molecule has 1 aliphatic carbocycles. The van der Waals surface area contributed by atoms with Crippen molar-refractivity contribution >= 4 is 11.7 Å². The Morgan fingerprint density at radius 2 is 1.78 bits per heavy atom. The highest BCUT2D eigenvalue weighted by Gasteiger charge is 2.15. The number of nitrogens with one attached hydrogen (secondary N) is 1. The lowest BCUT2D eigenvalue weighted by molar-refractivity contribution is -0.121. The van der Waals surface area contributed by atoms with Crippen molar-refractivity contribution < 1.29 is 19.1 Å². The summed E-state index contributed by atoms with van der Waals surface area (Å²) in [6.45, 7) is 0.346. The highest BCUT2D eigenvalue weighted by molar-refractivity contribution is 5.98. The molecule has 0 radical (unpaired) electrons. The van der Waals surface area contributed by atoms with E-state index in [2.05, 4.69) is 5.32 Å². The number of fused-ring (bicyclic) bond motifs is 1. The van der Waals surface area contributed by atoms with Crippen molar-refractivity contribution in [1.29, 1.82) is 0 Å². The number of hydrogen-bond donors (Lipinski definition) is 1. The summed E-state index contributed by atoms with van der Waals surface area (Å²) >= 11 is 0. The van der Waals surface area contributed by atoms with Gasteiger partial charge in [0.25, 0.3) is 0 Å². The number of hydrogen-bond acceptors (Lipinski definition) is 4. The zero-order chi connectivity index (χ0) is 19.2. The summed E-state index contributed by atoms with van der Waals surface area (Å²) in [7, 11) is 3.17. The van der Waals surface area contributed by atoms with Crippen molar-refractivity contribution in [3.05, 3.63) is 58.7 Å². The molecule has 2 aromatic rings. The SMILES string of the molecule is COc1ccc(CNC(=O)CCC(=O)c2ccc3c(c2)CCC3)c(OC)c1. The fraction of sp³-hybridized carbons (Fsp3) is 0.364. The minimum Gasteiger partial charge on any atom is -0.497 e. The van der Waals surface area contributed by atoms with Gasteiger partial charge in [-0.05, 0) is 48.6 Å². The highest BCUT2D eigenvalue weighted by atomic mass is 16.5. The molecule has 27 heavy (non-hydrogen) atoms. The Bertz CT molecular complexity index is 844. The second kappa shape index (κ2) is 8.71. The standard InChI is InChI=1S/C22H25NO4/c1-26-19-9-8-18(21(13-19)27-2)14-23-22(25)11-10-20(24)17-7-6-15-4-3-5-16(15)12-17/h6-9,12-13H,3-5,10-11,14H2,1-2H3,(H,23,25). The van der Waals surface area contributed by atoms with Crippen molar-refractivity contribution in [2.24, 2.45) is 0 Å². The third kappa shape index (κ3) is 4.67. The summed E-state index contributed by atoms with van der Waals surface area (Å²) in [4.78, 5) is 24.5. The Morgan fingerprint density at radius 1 is 0.963 bits per heavy atom. The molecular weight excluding hydrogens is 342 g/mol. The van der Waals surface area contributed by atoms with Gasteiger partial charge < -0.3 is 14.8 Å². The number of methoxy groups -OCH3 is 2. The normalized spacial score (nSPS) is 12.4. The first kappa shape index (κ1) is 19.0. The maximum atomic E-state index is 12.4. The third-order valence-corrected chi connectivity index (χ3v) is 4.97. The van der Waals surface area contributed by atoms with Crippen molar-refractivity contribution in [2.45, 2.75) is 38.6 Å². The molecule has 0 saturated heterocycles. The number of carbonyl (C=O) groups is 2. The van der Waals surface area contributed by atoms with E-state index in [1.807, 2.05) is 30.3 Å². The summed E-state index contributed by atoms with van der Waals surface area (Å²) in [6, 6.07) is 11.4. The molecule has 1 amide bonds. The van der Waals surface area contributed by atoms with Crippen LogP contribution in [-0.2, 0) is 24.2 Å². The minimum absolute atomic E-state index is 0.0156. The number of ether oxygens (including phenoxy) is 2. The molecule has 0 spiro atoms. The quantitative estimate of drug-likeness (QED) is 0.726. The maximum Gasteiger partial charge on any atom is 0.220 e. The number of amides is 1. The molecule has 0 atom stereocenters. The second-order valence-electron chi connectivity index (χ2n) is 6.71.